The van der Waals surface area contributed by atoms with Crippen LogP contribution in [0.2, 0.25) is 0 Å². The fraction of sp³-hybridized carbons (Fsp3) is 0.286. The van der Waals surface area contributed by atoms with Crippen molar-refractivity contribution in [1.82, 2.24) is 5.06 Å². The van der Waals surface area contributed by atoms with E-state index in [0.29, 0.717) is 4.47 Å². The summed E-state index contributed by atoms with van der Waals surface area (Å²) in [5.41, 5.74) is 0. The molecule has 0 fully saturated rings. The first-order valence-corrected chi connectivity index (χ1v) is 4.01. The summed E-state index contributed by atoms with van der Waals surface area (Å²) in [6.07, 6.45) is 1.43. The Labute approximate surface area is 78.2 Å². The summed E-state index contributed by atoms with van der Waals surface area (Å²) in [5, 5.41) is 1.09. The van der Waals surface area contributed by atoms with Crippen LogP contribution >= 0.6 is 15.9 Å². The smallest absolute Gasteiger partial charge is 0.313 e. The molecule has 0 N–H and O–H groups in total. The Morgan fingerprint density at radius 2 is 2.42 bits per heavy atom. The maximum absolute atomic E-state index is 11.3. The zero-order valence-corrected chi connectivity index (χ0v) is 8.29. The van der Waals surface area contributed by atoms with Crippen molar-refractivity contribution in [1.29, 1.82) is 0 Å². The lowest BCUT2D eigenvalue weighted by atomic mass is 10.4. The average Bonchev–Trinajstić information content (AvgIpc) is 2.48. The monoisotopic (exact) mass is 233 g/mol. The number of carbonyl (C=O) groups is 1. The minimum Gasteiger partial charge on any atom is -0.458 e. The van der Waals surface area contributed by atoms with Crippen molar-refractivity contribution >= 4 is 21.8 Å². The molecular weight excluding hydrogens is 226 g/mol. The van der Waals surface area contributed by atoms with Crippen molar-refractivity contribution in [3.63, 3.8) is 0 Å². The highest BCUT2D eigenvalue weighted by molar-refractivity contribution is 9.10. The van der Waals surface area contributed by atoms with Gasteiger partial charge in [0.25, 0.3) is 0 Å². The zero-order chi connectivity index (χ0) is 9.14. The molecule has 4 nitrogen and oxygen atoms in total. The third-order valence-electron chi connectivity index (χ3n) is 1.37. The number of rotatable bonds is 2. The lowest BCUT2D eigenvalue weighted by Gasteiger charge is -2.11. The predicted octanol–water partition coefficient (Wildman–Crippen LogP) is 1.68. The standard InChI is InChI=1S/C7H8BrNO3/c1-9(11-2)7(10)6-5(8)3-4-12-6/h3-4H,1-2H3. The van der Waals surface area contributed by atoms with E-state index in [-0.39, 0.29) is 11.7 Å². The molecule has 0 radical (unpaired) electrons. The maximum Gasteiger partial charge on any atom is 0.313 e. The molecule has 1 heterocycles. The molecule has 0 saturated heterocycles. The summed E-state index contributed by atoms with van der Waals surface area (Å²) >= 11 is 3.17. The Morgan fingerprint density at radius 1 is 1.75 bits per heavy atom. The van der Waals surface area contributed by atoms with Gasteiger partial charge in [0, 0.05) is 7.05 Å². The van der Waals surface area contributed by atoms with Gasteiger partial charge >= 0.3 is 5.91 Å². The Hall–Kier alpha value is -0.810. The molecule has 1 rings (SSSR count). The van der Waals surface area contributed by atoms with Crippen LogP contribution in [0.1, 0.15) is 10.6 Å². The first kappa shape index (κ1) is 9.28. The van der Waals surface area contributed by atoms with Crippen LogP contribution in [0.5, 0.6) is 0 Å². The number of carbonyl (C=O) groups excluding carboxylic acids is 1. The maximum atomic E-state index is 11.3. The van der Waals surface area contributed by atoms with Crippen LogP contribution < -0.4 is 0 Å². The minimum atomic E-state index is -0.325. The first-order valence-electron chi connectivity index (χ1n) is 3.22. The number of amides is 1. The highest BCUT2D eigenvalue weighted by atomic mass is 79.9. The highest BCUT2D eigenvalue weighted by Gasteiger charge is 2.17. The molecule has 0 aliphatic carbocycles. The van der Waals surface area contributed by atoms with Crippen LogP contribution in [0.25, 0.3) is 0 Å². The van der Waals surface area contributed by atoms with Crippen LogP contribution in [-0.2, 0) is 4.84 Å². The quantitative estimate of drug-likeness (QED) is 0.731. The fourth-order valence-electron chi connectivity index (χ4n) is 0.672. The molecule has 0 aromatic carbocycles. The van der Waals surface area contributed by atoms with Gasteiger partial charge in [-0.2, -0.15) is 0 Å². The Balaban J connectivity index is 2.85. The lowest BCUT2D eigenvalue weighted by molar-refractivity contribution is -0.0774. The average molecular weight is 234 g/mol. The Kier molecular flexibility index (Phi) is 2.88. The van der Waals surface area contributed by atoms with E-state index in [1.165, 1.54) is 20.4 Å². The van der Waals surface area contributed by atoms with Crippen LogP contribution in [-0.4, -0.2) is 25.1 Å². The van der Waals surface area contributed by atoms with Crippen molar-refractivity contribution < 1.29 is 14.0 Å². The molecule has 0 unspecified atom stereocenters. The highest BCUT2D eigenvalue weighted by Crippen LogP contribution is 2.18. The summed E-state index contributed by atoms with van der Waals surface area (Å²) in [6.45, 7) is 0. The number of furan rings is 1. The second-order valence-corrected chi connectivity index (χ2v) is 2.94. The van der Waals surface area contributed by atoms with Crippen molar-refractivity contribution in [3.05, 3.63) is 22.6 Å². The number of nitrogens with zero attached hydrogens (tertiary/aromatic N) is 1. The minimum absolute atomic E-state index is 0.236. The Morgan fingerprint density at radius 3 is 2.83 bits per heavy atom. The third kappa shape index (κ3) is 1.67. The van der Waals surface area contributed by atoms with E-state index in [0.717, 1.165) is 5.06 Å². The molecule has 0 bridgehead atoms. The largest absolute Gasteiger partial charge is 0.458 e. The van der Waals surface area contributed by atoms with Gasteiger partial charge in [0.15, 0.2) is 0 Å². The van der Waals surface area contributed by atoms with Crippen LogP contribution in [0, 0.1) is 0 Å². The summed E-state index contributed by atoms with van der Waals surface area (Å²) in [7, 11) is 2.92. The van der Waals surface area contributed by atoms with Gasteiger partial charge in [0.1, 0.15) is 0 Å². The van der Waals surface area contributed by atoms with Crippen LogP contribution in [0.3, 0.4) is 0 Å². The molecular formula is C7H8BrNO3. The van der Waals surface area contributed by atoms with E-state index < -0.39 is 0 Å². The van der Waals surface area contributed by atoms with Gasteiger partial charge in [0.2, 0.25) is 5.76 Å². The van der Waals surface area contributed by atoms with Gasteiger partial charge in [-0.1, -0.05) is 0 Å². The van der Waals surface area contributed by atoms with Crippen molar-refractivity contribution in [2.45, 2.75) is 0 Å². The molecule has 0 atom stereocenters. The van der Waals surface area contributed by atoms with E-state index in [4.69, 9.17) is 9.25 Å². The SMILES string of the molecule is CON(C)C(=O)c1occc1Br. The van der Waals surface area contributed by atoms with Gasteiger partial charge in [-0.3, -0.25) is 9.63 Å². The van der Waals surface area contributed by atoms with E-state index in [9.17, 15) is 4.79 Å². The number of hydroxylamine groups is 2. The van der Waals surface area contributed by atoms with Crippen LogP contribution in [0.15, 0.2) is 21.2 Å². The first-order chi connectivity index (χ1) is 5.66. The fourth-order valence-corrected chi connectivity index (χ4v) is 1.04. The van der Waals surface area contributed by atoms with Gasteiger partial charge in [-0.05, 0) is 22.0 Å². The molecule has 1 aromatic heterocycles. The van der Waals surface area contributed by atoms with Crippen molar-refractivity contribution in [3.8, 4) is 0 Å². The summed E-state index contributed by atoms with van der Waals surface area (Å²) in [6, 6.07) is 1.65. The molecule has 1 aromatic rings. The zero-order valence-electron chi connectivity index (χ0n) is 6.70. The molecule has 0 aliphatic rings. The van der Waals surface area contributed by atoms with Gasteiger partial charge in [0.05, 0.1) is 17.8 Å². The molecule has 66 valence electrons. The molecule has 5 heteroatoms. The number of halogens is 1. The summed E-state index contributed by atoms with van der Waals surface area (Å²) < 4.78 is 5.55. The van der Waals surface area contributed by atoms with E-state index in [2.05, 4.69) is 15.9 Å². The summed E-state index contributed by atoms with van der Waals surface area (Å²) in [5.74, 6) is -0.0891. The lowest BCUT2D eigenvalue weighted by Crippen LogP contribution is -2.25. The second kappa shape index (κ2) is 3.73. The van der Waals surface area contributed by atoms with E-state index >= 15 is 0 Å². The molecule has 0 saturated carbocycles. The van der Waals surface area contributed by atoms with E-state index in [1.54, 1.807) is 6.07 Å². The van der Waals surface area contributed by atoms with Crippen LogP contribution in [0.4, 0.5) is 0 Å². The topological polar surface area (TPSA) is 42.7 Å². The van der Waals surface area contributed by atoms with Crippen molar-refractivity contribution in [2.24, 2.45) is 0 Å². The number of hydrogen-bond acceptors (Lipinski definition) is 3. The van der Waals surface area contributed by atoms with Gasteiger partial charge < -0.3 is 4.42 Å². The molecule has 1 amide bonds. The van der Waals surface area contributed by atoms with Crippen molar-refractivity contribution in [2.75, 3.05) is 14.2 Å². The Bertz CT molecular complexity index is 284. The van der Waals surface area contributed by atoms with Gasteiger partial charge in [-0.25, -0.2) is 5.06 Å². The molecule has 12 heavy (non-hydrogen) atoms. The second-order valence-electron chi connectivity index (χ2n) is 2.08. The van der Waals surface area contributed by atoms with Gasteiger partial charge in [-0.15, -0.1) is 0 Å². The van der Waals surface area contributed by atoms with E-state index in [1.807, 2.05) is 0 Å². The molecule has 0 aliphatic heterocycles. The molecule has 0 spiro atoms. The normalized spacial score (nSPS) is 9.92. The summed E-state index contributed by atoms with van der Waals surface area (Å²) in [4.78, 5) is 16.0. The number of hydrogen-bond donors (Lipinski definition) is 0. The predicted molar refractivity (Wildman–Crippen MR) is 45.5 cm³/mol. The third-order valence-corrected chi connectivity index (χ3v) is 2.00.